The summed E-state index contributed by atoms with van der Waals surface area (Å²) in [4.78, 5) is 24.1. The first-order valence-electron chi connectivity index (χ1n) is 8.19. The predicted octanol–water partition coefficient (Wildman–Crippen LogP) is 4.31. The Balaban J connectivity index is 0.000000553. The van der Waals surface area contributed by atoms with Gasteiger partial charge in [-0.2, -0.15) is 18.4 Å². The zero-order chi connectivity index (χ0) is 23.3. The maximum Gasteiger partial charge on any atom is 0.490 e. The van der Waals surface area contributed by atoms with Gasteiger partial charge in [0.2, 0.25) is 0 Å². The summed E-state index contributed by atoms with van der Waals surface area (Å²) in [7, 11) is 0. The van der Waals surface area contributed by atoms with Gasteiger partial charge >= 0.3 is 18.2 Å². The summed E-state index contributed by atoms with van der Waals surface area (Å²) >= 11 is 6.20. The number of aliphatic carboxylic acids is 1. The van der Waals surface area contributed by atoms with Crippen LogP contribution in [0.5, 0.6) is 5.75 Å². The molecule has 0 saturated carbocycles. The molecule has 2 aromatic rings. The Morgan fingerprint density at radius 3 is 2.33 bits per heavy atom. The number of primary amides is 1. The number of anilines is 1. The van der Waals surface area contributed by atoms with Crippen LogP contribution in [0.25, 0.3) is 10.9 Å². The number of rotatable bonds is 3. The minimum atomic E-state index is -5.08. The highest BCUT2D eigenvalue weighted by atomic mass is 35.5. The van der Waals surface area contributed by atoms with Gasteiger partial charge in [-0.25, -0.2) is 9.59 Å². The van der Waals surface area contributed by atoms with E-state index in [0.29, 0.717) is 33.7 Å². The third-order valence-electron chi connectivity index (χ3n) is 3.28. The maximum absolute atomic E-state index is 11.0. The average molecular weight is 447 g/mol. The lowest BCUT2D eigenvalue weighted by Crippen LogP contribution is -2.21. The largest absolute Gasteiger partial charge is 0.490 e. The van der Waals surface area contributed by atoms with Crippen molar-refractivity contribution in [1.29, 1.82) is 5.26 Å². The SMILES string of the molecule is CC(C)(C)CNc1c(C#N)cnc2c(Cl)cc(OC(N)=O)cc12.O=C(O)C(F)(F)F. The Hall–Kier alpha value is -3.26. The van der Waals surface area contributed by atoms with Gasteiger partial charge in [-0.05, 0) is 11.5 Å². The second-order valence-corrected chi connectivity index (χ2v) is 7.51. The molecule has 1 heterocycles. The van der Waals surface area contributed by atoms with Gasteiger partial charge < -0.3 is 20.9 Å². The number of aromatic nitrogens is 1. The lowest BCUT2D eigenvalue weighted by Gasteiger charge is -2.21. The van der Waals surface area contributed by atoms with Crippen molar-refractivity contribution in [3.8, 4) is 11.8 Å². The van der Waals surface area contributed by atoms with E-state index in [4.69, 9.17) is 32.0 Å². The van der Waals surface area contributed by atoms with Crippen LogP contribution in [0.2, 0.25) is 5.02 Å². The van der Waals surface area contributed by atoms with E-state index in [1.807, 2.05) is 0 Å². The number of hydrogen-bond donors (Lipinski definition) is 3. The molecule has 0 aliphatic carbocycles. The molecule has 2 rings (SSSR count). The van der Waals surface area contributed by atoms with Gasteiger partial charge in [0.05, 0.1) is 21.8 Å². The Morgan fingerprint density at radius 2 is 1.90 bits per heavy atom. The Morgan fingerprint density at radius 1 is 1.33 bits per heavy atom. The number of carboxylic acid groups (broad SMARTS) is 1. The van der Waals surface area contributed by atoms with Crippen molar-refractivity contribution >= 4 is 40.3 Å². The summed E-state index contributed by atoms with van der Waals surface area (Å²) in [5.74, 6) is -2.56. The molecule has 4 N–H and O–H groups in total. The van der Waals surface area contributed by atoms with Gasteiger partial charge in [0.25, 0.3) is 0 Å². The van der Waals surface area contributed by atoms with Crippen molar-refractivity contribution in [3.63, 3.8) is 0 Å². The zero-order valence-corrected chi connectivity index (χ0v) is 16.9. The fourth-order valence-electron chi connectivity index (χ4n) is 2.04. The number of nitrogens with one attached hydrogen (secondary N) is 1. The number of amides is 1. The van der Waals surface area contributed by atoms with Crippen LogP contribution in [0, 0.1) is 16.7 Å². The van der Waals surface area contributed by atoms with E-state index >= 15 is 0 Å². The van der Waals surface area contributed by atoms with Crippen LogP contribution >= 0.6 is 11.6 Å². The molecular formula is C18H18ClF3N4O4. The van der Waals surface area contributed by atoms with Crippen molar-refractivity contribution in [3.05, 3.63) is 28.9 Å². The molecule has 0 aliphatic rings. The molecule has 30 heavy (non-hydrogen) atoms. The molecule has 0 fully saturated rings. The van der Waals surface area contributed by atoms with Crippen molar-refractivity contribution in [1.82, 2.24) is 4.98 Å². The molecule has 1 aromatic carbocycles. The van der Waals surface area contributed by atoms with Gasteiger partial charge in [-0.15, -0.1) is 0 Å². The van der Waals surface area contributed by atoms with E-state index in [0.717, 1.165) is 0 Å². The minimum Gasteiger partial charge on any atom is -0.475 e. The van der Waals surface area contributed by atoms with E-state index in [-0.39, 0.29) is 11.2 Å². The summed E-state index contributed by atoms with van der Waals surface area (Å²) in [6.45, 7) is 6.86. The first-order valence-corrected chi connectivity index (χ1v) is 8.57. The molecule has 0 spiro atoms. The smallest absolute Gasteiger partial charge is 0.475 e. The number of carboxylic acids is 1. The summed E-state index contributed by atoms with van der Waals surface area (Å²) in [5.41, 5.74) is 6.55. The summed E-state index contributed by atoms with van der Waals surface area (Å²) < 4.78 is 36.6. The maximum atomic E-state index is 11.0. The average Bonchev–Trinajstić information content (AvgIpc) is 2.58. The molecule has 0 unspecified atom stereocenters. The summed E-state index contributed by atoms with van der Waals surface area (Å²) in [6.07, 6.45) is -4.55. The molecule has 0 atom stereocenters. The molecule has 1 aromatic heterocycles. The van der Waals surface area contributed by atoms with Crippen molar-refractivity contribution in [2.45, 2.75) is 26.9 Å². The van der Waals surface area contributed by atoms with E-state index < -0.39 is 18.2 Å². The van der Waals surface area contributed by atoms with Crippen molar-refractivity contribution in [2.75, 3.05) is 11.9 Å². The predicted molar refractivity (Wildman–Crippen MR) is 103 cm³/mol. The first-order chi connectivity index (χ1) is 13.7. The highest BCUT2D eigenvalue weighted by Crippen LogP contribution is 2.34. The second-order valence-electron chi connectivity index (χ2n) is 7.10. The quantitative estimate of drug-likeness (QED) is 0.638. The number of fused-ring (bicyclic) bond motifs is 1. The number of carbonyl (C=O) groups is 2. The highest BCUT2D eigenvalue weighted by Gasteiger charge is 2.38. The molecule has 0 saturated heterocycles. The Bertz CT molecular complexity index is 998. The number of halogens is 4. The fourth-order valence-corrected chi connectivity index (χ4v) is 2.30. The van der Waals surface area contributed by atoms with Crippen LogP contribution in [0.15, 0.2) is 18.3 Å². The number of nitrogens with zero attached hydrogens (tertiary/aromatic N) is 2. The standard InChI is InChI=1S/C16H17ClN4O2.C2HF3O2/c1-16(2,3)8-21-13-9(6-18)7-20-14-11(13)4-10(5-12(14)17)23-15(19)22;3-2(4,5)1(6)7/h4-5,7H,8H2,1-3H3,(H2,19,22)(H,20,21);(H,6,7). The van der Waals surface area contributed by atoms with Crippen LogP contribution in [-0.4, -0.2) is 34.9 Å². The Labute approximate surface area is 174 Å². The van der Waals surface area contributed by atoms with Crippen LogP contribution in [0.3, 0.4) is 0 Å². The van der Waals surface area contributed by atoms with Crippen molar-refractivity contribution in [2.24, 2.45) is 11.1 Å². The number of carbonyl (C=O) groups excluding carboxylic acids is 1. The molecule has 1 amide bonds. The Kier molecular flexibility index (Phi) is 7.84. The van der Waals surface area contributed by atoms with Gasteiger partial charge in [0, 0.05) is 24.2 Å². The molecule has 162 valence electrons. The first kappa shape index (κ1) is 24.8. The number of benzene rings is 1. The highest BCUT2D eigenvalue weighted by molar-refractivity contribution is 6.35. The lowest BCUT2D eigenvalue weighted by molar-refractivity contribution is -0.192. The molecule has 0 radical (unpaired) electrons. The van der Waals surface area contributed by atoms with Gasteiger partial charge in [-0.1, -0.05) is 32.4 Å². The second kappa shape index (κ2) is 9.49. The number of ether oxygens (including phenoxy) is 1. The lowest BCUT2D eigenvalue weighted by atomic mass is 9.96. The topological polar surface area (TPSA) is 138 Å². The number of nitrogens with two attached hydrogens (primary N) is 1. The van der Waals surface area contributed by atoms with Gasteiger partial charge in [0.1, 0.15) is 11.8 Å². The van der Waals surface area contributed by atoms with Crippen LogP contribution in [0.4, 0.5) is 23.7 Å². The molecule has 8 nitrogen and oxygen atoms in total. The van der Waals surface area contributed by atoms with E-state index in [2.05, 4.69) is 37.1 Å². The van der Waals surface area contributed by atoms with Crippen LogP contribution in [0.1, 0.15) is 26.3 Å². The van der Waals surface area contributed by atoms with Crippen LogP contribution < -0.4 is 15.8 Å². The molecule has 0 bridgehead atoms. The molecular weight excluding hydrogens is 429 g/mol. The number of alkyl halides is 3. The van der Waals surface area contributed by atoms with E-state index in [1.165, 1.54) is 12.3 Å². The molecule has 0 aliphatic heterocycles. The monoisotopic (exact) mass is 446 g/mol. The van der Waals surface area contributed by atoms with E-state index in [1.54, 1.807) is 6.07 Å². The normalized spacial score (nSPS) is 11.1. The molecule has 12 heteroatoms. The zero-order valence-electron chi connectivity index (χ0n) is 16.1. The number of hydrogen-bond acceptors (Lipinski definition) is 6. The van der Waals surface area contributed by atoms with Crippen LogP contribution in [-0.2, 0) is 4.79 Å². The van der Waals surface area contributed by atoms with E-state index in [9.17, 15) is 23.2 Å². The van der Waals surface area contributed by atoms with Gasteiger partial charge in [0.15, 0.2) is 0 Å². The number of pyridine rings is 1. The third-order valence-corrected chi connectivity index (χ3v) is 3.56. The van der Waals surface area contributed by atoms with Crippen molar-refractivity contribution < 1.29 is 32.6 Å². The fraction of sp³-hybridized carbons (Fsp3) is 0.333. The minimum absolute atomic E-state index is 0.00739. The third kappa shape index (κ3) is 7.29. The summed E-state index contributed by atoms with van der Waals surface area (Å²) in [6, 6.07) is 5.15. The number of nitriles is 1. The summed E-state index contributed by atoms with van der Waals surface area (Å²) in [5, 5.41) is 20.6. The van der Waals surface area contributed by atoms with Gasteiger partial charge in [-0.3, -0.25) is 4.98 Å².